The topological polar surface area (TPSA) is 49.4 Å². The smallest absolute Gasteiger partial charge is 0.215 e. The van der Waals surface area contributed by atoms with E-state index in [1.165, 1.54) is 0 Å². The van der Waals surface area contributed by atoms with E-state index in [-0.39, 0.29) is 11.8 Å². The molecule has 6 heteroatoms. The van der Waals surface area contributed by atoms with Gasteiger partial charge in [-0.2, -0.15) is 15.6 Å². The predicted molar refractivity (Wildman–Crippen MR) is 79.8 cm³/mol. The van der Waals surface area contributed by atoms with E-state index in [2.05, 4.69) is 5.32 Å². The van der Waals surface area contributed by atoms with Crippen molar-refractivity contribution >= 4 is 21.4 Å². The van der Waals surface area contributed by atoms with Gasteiger partial charge in [0.25, 0.3) is 0 Å². The van der Waals surface area contributed by atoms with Crippen molar-refractivity contribution in [2.75, 3.05) is 12.3 Å². The lowest BCUT2D eigenvalue weighted by Gasteiger charge is -2.22. The lowest BCUT2D eigenvalue weighted by Crippen LogP contribution is -2.38. The second-order valence-electron chi connectivity index (χ2n) is 5.33. The number of hydrogen-bond acceptors (Lipinski definition) is 4. The number of nitrogens with zero attached hydrogens (tertiary/aromatic N) is 1. The molecule has 2 rings (SSSR count). The molecule has 0 amide bonds. The van der Waals surface area contributed by atoms with Gasteiger partial charge in [0, 0.05) is 25.2 Å². The summed E-state index contributed by atoms with van der Waals surface area (Å²) < 4.78 is 26.5. The SMILES string of the molecule is CC(C)NCCS(=O)(=O)N(Cc1ccsc1)C1CC1. The highest BCUT2D eigenvalue weighted by Gasteiger charge is 2.36. The lowest BCUT2D eigenvalue weighted by atomic mass is 10.3. The maximum absolute atomic E-state index is 12.4. The van der Waals surface area contributed by atoms with E-state index in [9.17, 15) is 8.42 Å². The van der Waals surface area contributed by atoms with Crippen LogP contribution in [-0.4, -0.2) is 37.1 Å². The maximum Gasteiger partial charge on any atom is 0.215 e. The molecule has 19 heavy (non-hydrogen) atoms. The molecule has 1 fully saturated rings. The van der Waals surface area contributed by atoms with Crippen molar-refractivity contribution in [2.24, 2.45) is 0 Å². The molecule has 1 aromatic heterocycles. The van der Waals surface area contributed by atoms with Crippen LogP contribution in [0.25, 0.3) is 0 Å². The lowest BCUT2D eigenvalue weighted by molar-refractivity contribution is 0.398. The standard InChI is InChI=1S/C13H22N2O2S2/c1-11(2)14-6-8-19(16,17)15(13-3-4-13)9-12-5-7-18-10-12/h5,7,10-11,13-14H,3-4,6,8-9H2,1-2H3. The first-order valence-electron chi connectivity index (χ1n) is 6.73. The largest absolute Gasteiger partial charge is 0.313 e. The predicted octanol–water partition coefficient (Wildman–Crippen LogP) is 2.04. The molecule has 0 aromatic carbocycles. The van der Waals surface area contributed by atoms with Gasteiger partial charge in [-0.05, 0) is 35.2 Å². The summed E-state index contributed by atoms with van der Waals surface area (Å²) in [5, 5.41) is 7.19. The summed E-state index contributed by atoms with van der Waals surface area (Å²) in [6.45, 7) is 5.10. The van der Waals surface area contributed by atoms with Crippen molar-refractivity contribution in [3.8, 4) is 0 Å². The zero-order chi connectivity index (χ0) is 13.9. The molecular formula is C13H22N2O2S2. The summed E-state index contributed by atoms with van der Waals surface area (Å²) in [6.07, 6.45) is 2.00. The van der Waals surface area contributed by atoms with Crippen LogP contribution in [0.15, 0.2) is 16.8 Å². The first kappa shape index (κ1) is 15.0. The number of rotatable bonds is 8. The molecule has 0 atom stereocenters. The van der Waals surface area contributed by atoms with Gasteiger partial charge in [-0.1, -0.05) is 13.8 Å². The Morgan fingerprint density at radius 1 is 1.47 bits per heavy atom. The maximum atomic E-state index is 12.4. The molecule has 4 nitrogen and oxygen atoms in total. The van der Waals surface area contributed by atoms with E-state index in [4.69, 9.17) is 0 Å². The molecule has 0 aliphatic heterocycles. The third-order valence-corrected chi connectivity index (χ3v) is 5.74. The Kier molecular flexibility index (Phi) is 5.00. The van der Waals surface area contributed by atoms with Gasteiger partial charge in [0.2, 0.25) is 10.0 Å². The number of hydrogen-bond donors (Lipinski definition) is 1. The number of nitrogens with one attached hydrogen (secondary N) is 1. The third kappa shape index (κ3) is 4.56. The molecular weight excluding hydrogens is 280 g/mol. The average Bonchev–Trinajstić information content (AvgIpc) is 3.02. The summed E-state index contributed by atoms with van der Waals surface area (Å²) in [7, 11) is -3.16. The summed E-state index contributed by atoms with van der Waals surface area (Å²) in [5.74, 6) is 0.186. The molecule has 1 saturated carbocycles. The van der Waals surface area contributed by atoms with Gasteiger partial charge in [0.1, 0.15) is 0 Å². The van der Waals surface area contributed by atoms with Crippen LogP contribution in [0.2, 0.25) is 0 Å². The molecule has 1 aliphatic carbocycles. The molecule has 0 saturated heterocycles. The molecule has 1 N–H and O–H groups in total. The van der Waals surface area contributed by atoms with Crippen LogP contribution in [0.3, 0.4) is 0 Å². The summed E-state index contributed by atoms with van der Waals surface area (Å²) in [5.41, 5.74) is 1.09. The number of sulfonamides is 1. The first-order chi connectivity index (χ1) is 8.99. The fraction of sp³-hybridized carbons (Fsp3) is 0.692. The van der Waals surface area contributed by atoms with Gasteiger partial charge in [0.15, 0.2) is 0 Å². The van der Waals surface area contributed by atoms with Crippen LogP contribution in [0.1, 0.15) is 32.3 Å². The van der Waals surface area contributed by atoms with Gasteiger partial charge in [-0.3, -0.25) is 0 Å². The zero-order valence-electron chi connectivity index (χ0n) is 11.5. The summed E-state index contributed by atoms with van der Waals surface area (Å²) >= 11 is 1.61. The Labute approximate surface area is 119 Å². The van der Waals surface area contributed by atoms with Crippen LogP contribution < -0.4 is 5.32 Å². The molecule has 0 unspecified atom stereocenters. The van der Waals surface area contributed by atoms with Crippen LogP contribution in [0, 0.1) is 0 Å². The van der Waals surface area contributed by atoms with Gasteiger partial charge < -0.3 is 5.32 Å². The average molecular weight is 302 g/mol. The van der Waals surface area contributed by atoms with Crippen LogP contribution >= 0.6 is 11.3 Å². The van der Waals surface area contributed by atoms with Gasteiger partial charge in [-0.25, -0.2) is 8.42 Å². The molecule has 1 aliphatic rings. The second-order valence-corrected chi connectivity index (χ2v) is 8.15. The van der Waals surface area contributed by atoms with Crippen LogP contribution in [-0.2, 0) is 16.6 Å². The van der Waals surface area contributed by atoms with Gasteiger partial charge in [-0.15, -0.1) is 0 Å². The van der Waals surface area contributed by atoms with E-state index in [1.807, 2.05) is 30.7 Å². The van der Waals surface area contributed by atoms with Crippen molar-refractivity contribution in [2.45, 2.75) is 45.3 Å². The molecule has 0 bridgehead atoms. The molecule has 0 radical (unpaired) electrons. The van der Waals surface area contributed by atoms with Crippen molar-refractivity contribution in [3.63, 3.8) is 0 Å². The quantitative estimate of drug-likeness (QED) is 0.799. The van der Waals surface area contributed by atoms with E-state index in [0.717, 1.165) is 18.4 Å². The van der Waals surface area contributed by atoms with Gasteiger partial charge in [0.05, 0.1) is 5.75 Å². The van der Waals surface area contributed by atoms with E-state index in [0.29, 0.717) is 19.1 Å². The second kappa shape index (κ2) is 6.35. The zero-order valence-corrected chi connectivity index (χ0v) is 13.1. The van der Waals surface area contributed by atoms with Crippen molar-refractivity contribution < 1.29 is 8.42 Å². The third-order valence-electron chi connectivity index (χ3n) is 3.14. The fourth-order valence-electron chi connectivity index (χ4n) is 1.97. The Morgan fingerprint density at radius 3 is 2.74 bits per heavy atom. The fourth-order valence-corrected chi connectivity index (χ4v) is 4.25. The first-order valence-corrected chi connectivity index (χ1v) is 9.28. The van der Waals surface area contributed by atoms with Crippen LogP contribution in [0.5, 0.6) is 0 Å². The Balaban J connectivity index is 1.97. The Morgan fingerprint density at radius 2 is 2.21 bits per heavy atom. The summed E-state index contributed by atoms with van der Waals surface area (Å²) in [4.78, 5) is 0. The van der Waals surface area contributed by atoms with Crippen molar-refractivity contribution in [1.29, 1.82) is 0 Å². The normalized spacial score (nSPS) is 16.4. The minimum atomic E-state index is -3.16. The highest BCUT2D eigenvalue weighted by Crippen LogP contribution is 2.31. The highest BCUT2D eigenvalue weighted by atomic mass is 32.2. The van der Waals surface area contributed by atoms with E-state index < -0.39 is 10.0 Å². The molecule has 1 aromatic rings. The van der Waals surface area contributed by atoms with Crippen molar-refractivity contribution in [3.05, 3.63) is 22.4 Å². The van der Waals surface area contributed by atoms with Crippen LogP contribution in [0.4, 0.5) is 0 Å². The minimum absolute atomic E-state index is 0.186. The Hall–Kier alpha value is -0.430. The van der Waals surface area contributed by atoms with Crippen molar-refractivity contribution in [1.82, 2.24) is 9.62 Å². The monoisotopic (exact) mass is 302 g/mol. The van der Waals surface area contributed by atoms with E-state index >= 15 is 0 Å². The van der Waals surface area contributed by atoms with Gasteiger partial charge >= 0.3 is 0 Å². The van der Waals surface area contributed by atoms with E-state index in [1.54, 1.807) is 15.6 Å². The molecule has 108 valence electrons. The highest BCUT2D eigenvalue weighted by molar-refractivity contribution is 7.89. The molecule has 0 spiro atoms. The minimum Gasteiger partial charge on any atom is -0.313 e. The summed E-state index contributed by atoms with van der Waals surface area (Å²) in [6, 6.07) is 2.55. The number of thiophene rings is 1. The Bertz CT molecular complexity index is 479. The molecule has 1 heterocycles.